The molecule has 5 heterocycles. The van der Waals surface area contributed by atoms with Crippen LogP contribution in [0.5, 0.6) is 0 Å². The van der Waals surface area contributed by atoms with E-state index in [9.17, 15) is 18.0 Å². The van der Waals surface area contributed by atoms with Crippen LogP contribution in [0.1, 0.15) is 45.6 Å². The van der Waals surface area contributed by atoms with E-state index in [0.717, 1.165) is 45.1 Å². The number of fused-ring (bicyclic) bond motifs is 1. The van der Waals surface area contributed by atoms with Crippen LogP contribution in [-0.2, 0) is 10.9 Å². The van der Waals surface area contributed by atoms with E-state index < -0.39 is 17.3 Å². The molecule has 0 aliphatic carbocycles. The van der Waals surface area contributed by atoms with Crippen molar-refractivity contribution in [3.63, 3.8) is 0 Å². The number of carbonyl (C=O) groups is 1. The van der Waals surface area contributed by atoms with Crippen LogP contribution in [0.25, 0.3) is 22.3 Å². The summed E-state index contributed by atoms with van der Waals surface area (Å²) in [6, 6.07) is 3.43. The number of rotatable bonds is 5. The monoisotopic (exact) mass is 545 g/mol. The number of amides is 1. The van der Waals surface area contributed by atoms with E-state index in [1.165, 1.54) is 6.20 Å². The van der Waals surface area contributed by atoms with Crippen molar-refractivity contribution < 1.29 is 22.7 Å². The number of likely N-dealkylation sites (tertiary alicyclic amines) is 2. The van der Waals surface area contributed by atoms with Crippen molar-refractivity contribution >= 4 is 23.1 Å². The van der Waals surface area contributed by atoms with Crippen molar-refractivity contribution in [2.75, 3.05) is 38.0 Å². The summed E-state index contributed by atoms with van der Waals surface area (Å²) in [6.07, 6.45) is 1.76. The Kier molecular flexibility index (Phi) is 7.41. The van der Waals surface area contributed by atoms with Crippen molar-refractivity contribution in [1.82, 2.24) is 29.7 Å². The maximum atomic E-state index is 13.8. The lowest BCUT2D eigenvalue weighted by Gasteiger charge is -2.34. The smallest absolute Gasteiger partial charge is 0.419 e. The Morgan fingerprint density at radius 3 is 2.64 bits per heavy atom. The Hall–Kier alpha value is -3.41. The van der Waals surface area contributed by atoms with Gasteiger partial charge in [-0.25, -0.2) is 19.7 Å². The molecule has 2 N–H and O–H groups in total. The fraction of sp³-hybridized carbons (Fsp3) is 0.556. The molecule has 2 aliphatic heterocycles. The van der Waals surface area contributed by atoms with Crippen LogP contribution < -0.4 is 5.32 Å². The highest BCUT2D eigenvalue weighted by Crippen LogP contribution is 2.38. The Morgan fingerprint density at radius 1 is 1.15 bits per heavy atom. The maximum Gasteiger partial charge on any atom is 0.419 e. The van der Waals surface area contributed by atoms with Gasteiger partial charge in [0.15, 0.2) is 0 Å². The number of pyridine rings is 1. The third kappa shape index (κ3) is 6.43. The summed E-state index contributed by atoms with van der Waals surface area (Å²) in [6.45, 7) is 9.51. The summed E-state index contributed by atoms with van der Waals surface area (Å²) in [5.41, 5.74) is -0.733. The van der Waals surface area contributed by atoms with E-state index in [1.807, 2.05) is 20.8 Å². The number of nitrogens with zero attached hydrogens (tertiary/aromatic N) is 5. The highest BCUT2D eigenvalue weighted by atomic mass is 19.4. The highest BCUT2D eigenvalue weighted by molar-refractivity contribution is 5.93. The number of ether oxygens (including phenoxy) is 1. The first-order valence-corrected chi connectivity index (χ1v) is 13.3. The second-order valence-corrected chi connectivity index (χ2v) is 11.4. The molecule has 0 spiro atoms. The fourth-order valence-corrected chi connectivity index (χ4v) is 5.30. The molecule has 2 saturated heterocycles. The standard InChI is InChI=1S/C27H34F3N7O2/c1-26(2,3)39-25(38)37-11-6-17(7-12-37)15-36-10-8-18(16-36)34-24-33-14-21(27(28,29)30)22(35-24)20-13-32-23-19(20)5-4-9-31-23/h4-5,9,13-14,17-18H,6-8,10-12,15-16H2,1-3H3,(H,31,32)(H,33,34,35)/t18-/m1/s1. The van der Waals surface area contributed by atoms with Crippen LogP contribution in [0.3, 0.4) is 0 Å². The van der Waals surface area contributed by atoms with Crippen LogP contribution >= 0.6 is 0 Å². The molecule has 9 nitrogen and oxygen atoms in total. The van der Waals surface area contributed by atoms with Gasteiger partial charge in [0.2, 0.25) is 5.95 Å². The van der Waals surface area contributed by atoms with Gasteiger partial charge in [-0.05, 0) is 58.1 Å². The lowest BCUT2D eigenvalue weighted by molar-refractivity contribution is -0.137. The predicted molar refractivity (Wildman–Crippen MR) is 141 cm³/mol. The van der Waals surface area contributed by atoms with E-state index in [4.69, 9.17) is 4.74 Å². The molecule has 1 atom stereocenters. The van der Waals surface area contributed by atoms with Gasteiger partial charge in [-0.2, -0.15) is 13.2 Å². The summed E-state index contributed by atoms with van der Waals surface area (Å²) in [7, 11) is 0. The number of hydrogen-bond acceptors (Lipinski definition) is 7. The lowest BCUT2D eigenvalue weighted by Crippen LogP contribution is -2.43. The lowest BCUT2D eigenvalue weighted by atomic mass is 9.96. The molecular weight excluding hydrogens is 511 g/mol. The van der Waals surface area contributed by atoms with Gasteiger partial charge in [0.25, 0.3) is 0 Å². The molecular formula is C27H34F3N7O2. The molecule has 39 heavy (non-hydrogen) atoms. The number of carbonyl (C=O) groups excluding carboxylic acids is 1. The molecule has 3 aromatic rings. The van der Waals surface area contributed by atoms with Gasteiger partial charge in [0, 0.05) is 68.3 Å². The van der Waals surface area contributed by atoms with Crippen LogP contribution in [0, 0.1) is 5.92 Å². The van der Waals surface area contributed by atoms with E-state index in [1.54, 1.807) is 23.2 Å². The Labute approximate surface area is 225 Å². The second kappa shape index (κ2) is 10.6. The molecule has 12 heteroatoms. The van der Waals surface area contributed by atoms with Gasteiger partial charge in [-0.1, -0.05) is 0 Å². The van der Waals surface area contributed by atoms with E-state index in [2.05, 4.69) is 30.2 Å². The van der Waals surface area contributed by atoms with Gasteiger partial charge in [-0.15, -0.1) is 0 Å². The summed E-state index contributed by atoms with van der Waals surface area (Å²) in [5.74, 6) is 0.653. The minimum Gasteiger partial charge on any atom is -0.444 e. The summed E-state index contributed by atoms with van der Waals surface area (Å²) >= 11 is 0. The Balaban J connectivity index is 1.20. The second-order valence-electron chi connectivity index (χ2n) is 11.4. The van der Waals surface area contributed by atoms with Crippen LogP contribution in [0.4, 0.5) is 23.9 Å². The van der Waals surface area contributed by atoms with Crippen molar-refractivity contribution in [1.29, 1.82) is 0 Å². The number of nitrogens with one attached hydrogen (secondary N) is 2. The van der Waals surface area contributed by atoms with Crippen molar-refractivity contribution in [2.45, 2.75) is 57.9 Å². The number of piperidine rings is 1. The van der Waals surface area contributed by atoms with E-state index in [-0.39, 0.29) is 23.8 Å². The van der Waals surface area contributed by atoms with Crippen molar-refractivity contribution in [2.24, 2.45) is 5.92 Å². The number of aromatic amines is 1. The molecule has 0 aromatic carbocycles. The minimum atomic E-state index is -4.59. The molecule has 0 bridgehead atoms. The molecule has 3 aromatic heterocycles. The molecule has 1 amide bonds. The number of aromatic nitrogens is 4. The highest BCUT2D eigenvalue weighted by Gasteiger charge is 2.36. The van der Waals surface area contributed by atoms with Crippen LogP contribution in [-0.4, -0.2) is 80.2 Å². The third-order valence-corrected chi connectivity index (χ3v) is 7.19. The van der Waals surface area contributed by atoms with Crippen LogP contribution in [0.15, 0.2) is 30.7 Å². The van der Waals surface area contributed by atoms with Gasteiger partial charge in [-0.3, -0.25) is 0 Å². The SMILES string of the molecule is CC(C)(C)OC(=O)N1CCC(CN2CC[C@@H](Nc3ncc(C(F)(F)F)c(-c4c[nH]c5ncccc45)n3)C2)CC1. The van der Waals surface area contributed by atoms with Gasteiger partial charge in [0.1, 0.15) is 16.8 Å². The van der Waals surface area contributed by atoms with Gasteiger partial charge in [0.05, 0.1) is 5.69 Å². The number of hydrogen-bond donors (Lipinski definition) is 2. The average Bonchev–Trinajstić information content (AvgIpc) is 3.49. The zero-order valence-electron chi connectivity index (χ0n) is 22.4. The minimum absolute atomic E-state index is 0.0288. The van der Waals surface area contributed by atoms with E-state index in [0.29, 0.717) is 35.6 Å². The third-order valence-electron chi connectivity index (χ3n) is 7.19. The first-order valence-electron chi connectivity index (χ1n) is 13.3. The topological polar surface area (TPSA) is 99.3 Å². The normalized spacial score (nSPS) is 19.5. The molecule has 210 valence electrons. The molecule has 0 unspecified atom stereocenters. The van der Waals surface area contributed by atoms with Crippen molar-refractivity contribution in [3.05, 3.63) is 36.3 Å². The number of alkyl halides is 3. The maximum absolute atomic E-state index is 13.8. The zero-order chi connectivity index (χ0) is 27.8. The predicted octanol–water partition coefficient (Wildman–Crippen LogP) is 5.17. The first-order chi connectivity index (χ1) is 18.5. The largest absolute Gasteiger partial charge is 0.444 e. The number of halogens is 3. The average molecular weight is 546 g/mol. The van der Waals surface area contributed by atoms with Crippen molar-refractivity contribution in [3.8, 4) is 11.3 Å². The molecule has 0 saturated carbocycles. The fourth-order valence-electron chi connectivity index (χ4n) is 5.30. The molecule has 2 aliphatic rings. The summed E-state index contributed by atoms with van der Waals surface area (Å²) < 4.78 is 47.0. The van der Waals surface area contributed by atoms with Gasteiger partial charge >= 0.3 is 12.3 Å². The zero-order valence-corrected chi connectivity index (χ0v) is 22.4. The Bertz CT molecular complexity index is 1310. The number of H-pyrrole nitrogens is 1. The van der Waals surface area contributed by atoms with E-state index >= 15 is 0 Å². The molecule has 5 rings (SSSR count). The first kappa shape index (κ1) is 27.2. The quantitative estimate of drug-likeness (QED) is 0.456. The number of anilines is 1. The summed E-state index contributed by atoms with van der Waals surface area (Å²) in [5, 5.41) is 3.82. The molecule has 2 fully saturated rings. The van der Waals surface area contributed by atoms with Crippen LogP contribution in [0.2, 0.25) is 0 Å². The Morgan fingerprint density at radius 2 is 1.92 bits per heavy atom. The van der Waals surface area contributed by atoms with Gasteiger partial charge < -0.3 is 24.8 Å². The molecule has 0 radical (unpaired) electrons. The summed E-state index contributed by atoms with van der Waals surface area (Å²) in [4.78, 5) is 31.9.